The summed E-state index contributed by atoms with van der Waals surface area (Å²) >= 11 is 0. The van der Waals surface area contributed by atoms with E-state index in [9.17, 15) is 5.11 Å². The molecule has 0 heterocycles. The average molecular weight is 182 g/mol. The molecule has 76 valence electrons. The third kappa shape index (κ3) is 3.15. The van der Waals surface area contributed by atoms with E-state index >= 15 is 0 Å². The molecule has 1 N–H and O–H groups in total. The first-order valence-corrected chi connectivity index (χ1v) is 5.49. The van der Waals surface area contributed by atoms with Crippen LogP contribution in [0.3, 0.4) is 0 Å². The van der Waals surface area contributed by atoms with Crippen molar-refractivity contribution in [1.82, 2.24) is 0 Å². The van der Waals surface area contributed by atoms with Gasteiger partial charge >= 0.3 is 0 Å². The first kappa shape index (κ1) is 10.8. The number of hydrogen-bond acceptors (Lipinski definition) is 1. The number of aliphatic hydroxyl groups is 1. The third-order valence-electron chi connectivity index (χ3n) is 2.86. The molecular weight excluding hydrogens is 160 g/mol. The van der Waals surface area contributed by atoms with Crippen LogP contribution in [-0.4, -0.2) is 10.7 Å². The summed E-state index contributed by atoms with van der Waals surface area (Å²) in [5, 5.41) is 10.1. The zero-order valence-electron chi connectivity index (χ0n) is 9.14. The van der Waals surface area contributed by atoms with Crippen molar-refractivity contribution in [2.24, 2.45) is 5.92 Å². The molecule has 1 aliphatic rings. The van der Waals surface area contributed by atoms with Gasteiger partial charge in [0.25, 0.3) is 0 Å². The van der Waals surface area contributed by atoms with Crippen molar-refractivity contribution in [3.63, 3.8) is 0 Å². The van der Waals surface area contributed by atoms with Gasteiger partial charge < -0.3 is 5.11 Å². The predicted molar refractivity (Wildman–Crippen MR) is 56.6 cm³/mol. The van der Waals surface area contributed by atoms with Gasteiger partial charge in [0.2, 0.25) is 0 Å². The average Bonchev–Trinajstić information content (AvgIpc) is 2.03. The molecule has 0 fully saturated rings. The number of allylic oxidation sites excluding steroid dienone is 1. The molecule has 1 atom stereocenters. The summed E-state index contributed by atoms with van der Waals surface area (Å²) < 4.78 is 0. The largest absolute Gasteiger partial charge is 0.386 e. The van der Waals surface area contributed by atoms with Crippen molar-refractivity contribution >= 4 is 0 Å². The Morgan fingerprint density at radius 3 is 2.77 bits per heavy atom. The smallest absolute Gasteiger partial charge is 0.0827 e. The summed E-state index contributed by atoms with van der Waals surface area (Å²) in [6, 6.07) is 0. The minimum Gasteiger partial charge on any atom is -0.386 e. The maximum absolute atomic E-state index is 10.1. The second-order valence-electron chi connectivity index (χ2n) is 4.71. The van der Waals surface area contributed by atoms with Crippen molar-refractivity contribution < 1.29 is 5.11 Å². The molecule has 0 aromatic rings. The van der Waals surface area contributed by atoms with Crippen LogP contribution in [0.2, 0.25) is 0 Å². The van der Waals surface area contributed by atoms with Crippen molar-refractivity contribution in [3.05, 3.63) is 11.6 Å². The maximum Gasteiger partial charge on any atom is 0.0827 e. The van der Waals surface area contributed by atoms with Gasteiger partial charge in [-0.3, -0.25) is 0 Å². The van der Waals surface area contributed by atoms with Gasteiger partial charge in [-0.1, -0.05) is 32.4 Å². The molecule has 13 heavy (non-hydrogen) atoms. The molecule has 0 amide bonds. The lowest BCUT2D eigenvalue weighted by Gasteiger charge is -2.29. The van der Waals surface area contributed by atoms with Crippen molar-refractivity contribution in [1.29, 1.82) is 0 Å². The van der Waals surface area contributed by atoms with E-state index in [1.165, 1.54) is 12.0 Å². The Bertz CT molecular complexity index is 193. The van der Waals surface area contributed by atoms with E-state index in [0.29, 0.717) is 5.92 Å². The van der Waals surface area contributed by atoms with Crippen LogP contribution >= 0.6 is 0 Å². The van der Waals surface area contributed by atoms with Crippen LogP contribution in [0, 0.1) is 5.92 Å². The predicted octanol–water partition coefficient (Wildman–Crippen LogP) is 3.28. The Morgan fingerprint density at radius 2 is 2.23 bits per heavy atom. The molecule has 0 bridgehead atoms. The summed E-state index contributed by atoms with van der Waals surface area (Å²) in [6.07, 6.45) is 7.43. The highest BCUT2D eigenvalue weighted by molar-refractivity contribution is 5.15. The van der Waals surface area contributed by atoms with E-state index in [1.54, 1.807) is 0 Å². The molecule has 0 aromatic carbocycles. The second-order valence-corrected chi connectivity index (χ2v) is 4.71. The first-order chi connectivity index (χ1) is 6.06. The molecule has 1 nitrogen and oxygen atoms in total. The number of rotatable bonds is 3. The normalized spacial score (nSPS) is 29.2. The standard InChI is InChI=1S/C12H22O/c1-4-12(13)7-5-6-11(9-12)8-10(2)3/h9-10,13H,4-8H2,1-3H3. The van der Waals surface area contributed by atoms with E-state index < -0.39 is 5.60 Å². The summed E-state index contributed by atoms with van der Waals surface area (Å²) in [4.78, 5) is 0. The fourth-order valence-corrected chi connectivity index (χ4v) is 2.11. The van der Waals surface area contributed by atoms with Crippen molar-refractivity contribution in [2.45, 2.75) is 58.5 Å². The maximum atomic E-state index is 10.1. The Labute approximate surface area is 81.9 Å². The van der Waals surface area contributed by atoms with Gasteiger partial charge in [-0.25, -0.2) is 0 Å². The van der Waals surface area contributed by atoms with Crippen molar-refractivity contribution in [3.8, 4) is 0 Å². The molecule has 1 rings (SSSR count). The molecule has 1 heteroatoms. The molecule has 0 radical (unpaired) electrons. The quantitative estimate of drug-likeness (QED) is 0.664. The minimum atomic E-state index is -0.484. The van der Waals surface area contributed by atoms with Crippen LogP contribution in [-0.2, 0) is 0 Å². The Balaban J connectivity index is 2.63. The van der Waals surface area contributed by atoms with Gasteiger partial charge in [0.15, 0.2) is 0 Å². The highest BCUT2D eigenvalue weighted by atomic mass is 16.3. The summed E-state index contributed by atoms with van der Waals surface area (Å²) in [5.41, 5.74) is 0.980. The van der Waals surface area contributed by atoms with Gasteiger partial charge in [0.05, 0.1) is 5.60 Å². The second kappa shape index (κ2) is 4.28. The van der Waals surface area contributed by atoms with Gasteiger partial charge in [-0.05, 0) is 38.0 Å². The molecule has 1 unspecified atom stereocenters. The Kier molecular flexibility index (Phi) is 3.55. The molecule has 0 saturated heterocycles. The van der Waals surface area contributed by atoms with Crippen LogP contribution in [0.5, 0.6) is 0 Å². The van der Waals surface area contributed by atoms with E-state index in [-0.39, 0.29) is 0 Å². The van der Waals surface area contributed by atoms with Gasteiger partial charge in [0.1, 0.15) is 0 Å². The van der Waals surface area contributed by atoms with Crippen LogP contribution in [0.25, 0.3) is 0 Å². The van der Waals surface area contributed by atoms with E-state index in [1.807, 2.05) is 0 Å². The molecule has 0 aromatic heterocycles. The fourth-order valence-electron chi connectivity index (χ4n) is 2.11. The lowest BCUT2D eigenvalue weighted by molar-refractivity contribution is 0.0684. The first-order valence-electron chi connectivity index (χ1n) is 5.49. The van der Waals surface area contributed by atoms with Crippen LogP contribution in [0.4, 0.5) is 0 Å². The summed E-state index contributed by atoms with van der Waals surface area (Å²) in [5.74, 6) is 0.713. The monoisotopic (exact) mass is 182 g/mol. The van der Waals surface area contributed by atoms with Crippen LogP contribution < -0.4 is 0 Å². The minimum absolute atomic E-state index is 0.484. The summed E-state index contributed by atoms with van der Waals surface area (Å²) in [7, 11) is 0. The molecule has 0 spiro atoms. The van der Waals surface area contributed by atoms with Crippen LogP contribution in [0.15, 0.2) is 11.6 Å². The van der Waals surface area contributed by atoms with Gasteiger partial charge in [0, 0.05) is 0 Å². The molecule has 0 aliphatic heterocycles. The Hall–Kier alpha value is -0.300. The van der Waals surface area contributed by atoms with E-state index in [4.69, 9.17) is 0 Å². The topological polar surface area (TPSA) is 20.2 Å². The lowest BCUT2D eigenvalue weighted by atomic mass is 9.82. The summed E-state index contributed by atoms with van der Waals surface area (Å²) in [6.45, 7) is 6.54. The molecule has 0 saturated carbocycles. The SMILES string of the molecule is CCC1(O)C=C(CC(C)C)CCC1. The fraction of sp³-hybridized carbons (Fsp3) is 0.833. The van der Waals surface area contributed by atoms with Crippen molar-refractivity contribution in [2.75, 3.05) is 0 Å². The highest BCUT2D eigenvalue weighted by Gasteiger charge is 2.25. The van der Waals surface area contributed by atoms with Gasteiger partial charge in [-0.15, -0.1) is 0 Å². The number of hydrogen-bond donors (Lipinski definition) is 1. The molecule has 1 aliphatic carbocycles. The third-order valence-corrected chi connectivity index (χ3v) is 2.86. The lowest BCUT2D eigenvalue weighted by Crippen LogP contribution is -2.28. The highest BCUT2D eigenvalue weighted by Crippen LogP contribution is 2.31. The zero-order valence-corrected chi connectivity index (χ0v) is 9.14. The van der Waals surface area contributed by atoms with E-state index in [2.05, 4.69) is 26.8 Å². The molecular formula is C12H22O. The van der Waals surface area contributed by atoms with Gasteiger partial charge in [-0.2, -0.15) is 0 Å². The zero-order chi connectivity index (χ0) is 9.90. The van der Waals surface area contributed by atoms with Crippen LogP contribution in [0.1, 0.15) is 52.9 Å². The van der Waals surface area contributed by atoms with E-state index in [0.717, 1.165) is 25.7 Å². The Morgan fingerprint density at radius 1 is 1.54 bits per heavy atom.